The summed E-state index contributed by atoms with van der Waals surface area (Å²) < 4.78 is 36.8. The van der Waals surface area contributed by atoms with E-state index in [1.54, 1.807) is 43.3 Å². The van der Waals surface area contributed by atoms with Gasteiger partial charge < -0.3 is 19.3 Å². The number of amides is 2. The van der Waals surface area contributed by atoms with Crippen LogP contribution in [0.5, 0.6) is 11.5 Å². The summed E-state index contributed by atoms with van der Waals surface area (Å²) in [6.45, 7) is 3.06. The molecule has 2 aromatic rings. The zero-order valence-electron chi connectivity index (χ0n) is 20.1. The number of nitrogens with zero attached hydrogens (tertiary/aromatic N) is 4. The number of rotatable bonds is 7. The summed E-state index contributed by atoms with van der Waals surface area (Å²) in [5.41, 5.74) is 1.89. The lowest BCUT2D eigenvalue weighted by Crippen LogP contribution is -2.51. The fraction of sp³-hybridized carbons (Fsp3) is 0.417. The van der Waals surface area contributed by atoms with E-state index in [1.165, 1.54) is 4.90 Å². The van der Waals surface area contributed by atoms with Crippen LogP contribution < -0.4 is 13.8 Å². The highest BCUT2D eigenvalue weighted by Gasteiger charge is 2.27. The van der Waals surface area contributed by atoms with Crippen LogP contribution in [0.2, 0.25) is 0 Å². The van der Waals surface area contributed by atoms with Gasteiger partial charge in [-0.1, -0.05) is 6.07 Å². The summed E-state index contributed by atoms with van der Waals surface area (Å²) in [4.78, 5) is 30.5. The van der Waals surface area contributed by atoms with Crippen LogP contribution in [0, 0.1) is 0 Å². The largest absolute Gasteiger partial charge is 0.454 e. The Labute approximate surface area is 205 Å². The van der Waals surface area contributed by atoms with Crippen molar-refractivity contribution in [1.29, 1.82) is 0 Å². The summed E-state index contributed by atoms with van der Waals surface area (Å²) in [6, 6.07) is 12.1. The number of sulfonamides is 1. The van der Waals surface area contributed by atoms with Gasteiger partial charge in [0.25, 0.3) is 5.91 Å². The van der Waals surface area contributed by atoms with Crippen LogP contribution in [-0.2, 0) is 21.4 Å². The topological polar surface area (TPSA) is 99.7 Å². The van der Waals surface area contributed by atoms with Gasteiger partial charge in [-0.05, 0) is 42.0 Å². The SMILES string of the molecule is CN(C)C(=O)c1ccc(N(CC(=O)N2CCN(Cc3ccc4c(c3)OCO4)CC2)S(C)(=O)=O)cc1. The standard InChI is InChI=1S/C24H30N4O6S/c1-25(2)24(30)19-5-7-20(8-6-19)28(35(3,31)32)16-23(29)27-12-10-26(11-13-27)15-18-4-9-21-22(14-18)34-17-33-21/h4-9,14H,10-13,15-17H2,1-3H3. The van der Waals surface area contributed by atoms with E-state index >= 15 is 0 Å². The number of hydrogen-bond acceptors (Lipinski definition) is 7. The molecule has 2 aliphatic rings. The van der Waals surface area contributed by atoms with Crippen LogP contribution in [0.1, 0.15) is 15.9 Å². The third-order valence-electron chi connectivity index (χ3n) is 6.06. The third-order valence-corrected chi connectivity index (χ3v) is 7.20. The lowest BCUT2D eigenvalue weighted by Gasteiger charge is -2.36. The Morgan fingerprint density at radius 2 is 1.60 bits per heavy atom. The smallest absolute Gasteiger partial charge is 0.253 e. The number of fused-ring (bicyclic) bond motifs is 1. The Balaban J connectivity index is 1.35. The molecule has 188 valence electrons. The molecule has 0 bridgehead atoms. The Hall–Kier alpha value is -3.31. The summed E-state index contributed by atoms with van der Waals surface area (Å²) >= 11 is 0. The van der Waals surface area contributed by atoms with Gasteiger partial charge in [-0.25, -0.2) is 8.42 Å². The molecule has 11 heteroatoms. The van der Waals surface area contributed by atoms with Gasteiger partial charge in [0.15, 0.2) is 11.5 Å². The van der Waals surface area contributed by atoms with Crippen molar-refractivity contribution in [1.82, 2.24) is 14.7 Å². The van der Waals surface area contributed by atoms with Crippen molar-refractivity contribution in [2.75, 3.05) is 64.2 Å². The molecule has 1 fully saturated rings. The quantitative estimate of drug-likeness (QED) is 0.562. The second kappa shape index (κ2) is 10.1. The average molecular weight is 503 g/mol. The van der Waals surface area contributed by atoms with Crippen molar-refractivity contribution in [3.8, 4) is 11.5 Å². The number of ether oxygens (including phenoxy) is 2. The number of hydrogen-bond donors (Lipinski definition) is 0. The normalized spacial score (nSPS) is 15.7. The Morgan fingerprint density at radius 3 is 2.23 bits per heavy atom. The van der Waals surface area contributed by atoms with Crippen LogP contribution in [0.4, 0.5) is 5.69 Å². The molecule has 0 aliphatic carbocycles. The molecule has 35 heavy (non-hydrogen) atoms. The highest BCUT2D eigenvalue weighted by atomic mass is 32.2. The Morgan fingerprint density at radius 1 is 0.943 bits per heavy atom. The first kappa shape index (κ1) is 24.8. The minimum absolute atomic E-state index is 0.183. The Kier molecular flexibility index (Phi) is 7.18. The van der Waals surface area contributed by atoms with Gasteiger partial charge in [0, 0.05) is 52.4 Å². The molecule has 2 amide bonds. The van der Waals surface area contributed by atoms with Crippen LogP contribution in [-0.4, -0.2) is 94.8 Å². The molecule has 2 heterocycles. The zero-order valence-corrected chi connectivity index (χ0v) is 21.0. The highest BCUT2D eigenvalue weighted by Crippen LogP contribution is 2.32. The molecule has 4 rings (SSSR count). The molecular weight excluding hydrogens is 472 g/mol. The highest BCUT2D eigenvalue weighted by molar-refractivity contribution is 7.92. The maximum absolute atomic E-state index is 13.0. The van der Waals surface area contributed by atoms with Gasteiger partial charge in [0.05, 0.1) is 11.9 Å². The average Bonchev–Trinajstić information content (AvgIpc) is 3.30. The molecule has 0 atom stereocenters. The van der Waals surface area contributed by atoms with E-state index in [0.29, 0.717) is 37.4 Å². The van der Waals surface area contributed by atoms with E-state index in [1.807, 2.05) is 18.2 Å². The molecule has 0 spiro atoms. The summed E-state index contributed by atoms with van der Waals surface area (Å²) in [5.74, 6) is 1.05. The number of carbonyl (C=O) groups is 2. The molecule has 1 saturated heterocycles. The van der Waals surface area contributed by atoms with Crippen LogP contribution in [0.3, 0.4) is 0 Å². The predicted molar refractivity (Wildman–Crippen MR) is 131 cm³/mol. The van der Waals surface area contributed by atoms with E-state index in [2.05, 4.69) is 4.90 Å². The minimum Gasteiger partial charge on any atom is -0.454 e. The van der Waals surface area contributed by atoms with Crippen molar-refractivity contribution in [3.63, 3.8) is 0 Å². The molecule has 0 saturated carbocycles. The fourth-order valence-electron chi connectivity index (χ4n) is 4.10. The maximum Gasteiger partial charge on any atom is 0.253 e. The van der Waals surface area contributed by atoms with E-state index in [0.717, 1.165) is 34.2 Å². The second-order valence-corrected chi connectivity index (χ2v) is 10.8. The van der Waals surface area contributed by atoms with Crippen molar-refractivity contribution in [2.45, 2.75) is 6.54 Å². The third kappa shape index (κ3) is 5.85. The molecule has 2 aliphatic heterocycles. The van der Waals surface area contributed by atoms with E-state index in [9.17, 15) is 18.0 Å². The molecular formula is C24H30N4O6S. The first-order chi connectivity index (χ1) is 16.6. The summed E-state index contributed by atoms with van der Waals surface area (Å²) in [5, 5.41) is 0. The summed E-state index contributed by atoms with van der Waals surface area (Å²) in [7, 11) is -0.409. The van der Waals surface area contributed by atoms with Gasteiger partial charge >= 0.3 is 0 Å². The summed E-state index contributed by atoms with van der Waals surface area (Å²) in [6.07, 6.45) is 1.07. The lowest BCUT2D eigenvalue weighted by molar-refractivity contribution is -0.131. The first-order valence-corrected chi connectivity index (χ1v) is 13.1. The lowest BCUT2D eigenvalue weighted by atomic mass is 10.1. The maximum atomic E-state index is 13.0. The van der Waals surface area contributed by atoms with Crippen molar-refractivity contribution in [3.05, 3.63) is 53.6 Å². The van der Waals surface area contributed by atoms with E-state index < -0.39 is 10.0 Å². The molecule has 0 unspecified atom stereocenters. The molecule has 0 radical (unpaired) electrons. The van der Waals surface area contributed by atoms with Gasteiger partial charge in [-0.3, -0.25) is 18.8 Å². The second-order valence-electron chi connectivity index (χ2n) is 8.86. The first-order valence-electron chi connectivity index (χ1n) is 11.3. The zero-order chi connectivity index (χ0) is 25.2. The van der Waals surface area contributed by atoms with Gasteiger partial charge in [-0.2, -0.15) is 0 Å². The Bertz CT molecular complexity index is 1190. The van der Waals surface area contributed by atoms with Gasteiger partial charge in [0.1, 0.15) is 6.54 Å². The van der Waals surface area contributed by atoms with E-state index in [-0.39, 0.29) is 25.2 Å². The van der Waals surface area contributed by atoms with Crippen LogP contribution in [0.15, 0.2) is 42.5 Å². The van der Waals surface area contributed by atoms with Crippen LogP contribution in [0.25, 0.3) is 0 Å². The molecule has 2 aromatic carbocycles. The fourth-order valence-corrected chi connectivity index (χ4v) is 4.95. The molecule has 0 N–H and O–H groups in total. The van der Waals surface area contributed by atoms with E-state index in [4.69, 9.17) is 9.47 Å². The van der Waals surface area contributed by atoms with Crippen molar-refractivity contribution >= 4 is 27.5 Å². The predicted octanol–water partition coefficient (Wildman–Crippen LogP) is 1.23. The van der Waals surface area contributed by atoms with Gasteiger partial charge in [0.2, 0.25) is 22.7 Å². The molecule has 0 aromatic heterocycles. The van der Waals surface area contributed by atoms with Crippen molar-refractivity contribution < 1.29 is 27.5 Å². The number of piperazine rings is 1. The number of anilines is 1. The monoisotopic (exact) mass is 502 g/mol. The van der Waals surface area contributed by atoms with Crippen LogP contribution >= 0.6 is 0 Å². The van der Waals surface area contributed by atoms with Gasteiger partial charge in [-0.15, -0.1) is 0 Å². The minimum atomic E-state index is -3.70. The van der Waals surface area contributed by atoms with Crippen molar-refractivity contribution in [2.24, 2.45) is 0 Å². The number of carbonyl (C=O) groups excluding carboxylic acids is 2. The molecule has 10 nitrogen and oxygen atoms in total. The number of benzene rings is 2.